The monoisotopic (exact) mass is 524 g/mol. The van der Waals surface area contributed by atoms with Crippen LogP contribution >= 0.6 is 12.4 Å². The molecule has 3 aliphatic rings. The molecule has 3 fully saturated rings. The Morgan fingerprint density at radius 2 is 1.89 bits per heavy atom. The molecule has 0 spiro atoms. The van der Waals surface area contributed by atoms with Gasteiger partial charge in [0, 0.05) is 48.3 Å². The summed E-state index contributed by atoms with van der Waals surface area (Å²) in [4.78, 5) is 30.2. The predicted octanol–water partition coefficient (Wildman–Crippen LogP) is 3.95. The number of pyridine rings is 3. The molecule has 1 N–H and O–H groups in total. The minimum atomic E-state index is -0.304. The number of aryl methyl sites for hydroxylation is 3. The molecule has 4 aromatic rings. The van der Waals surface area contributed by atoms with E-state index in [-0.39, 0.29) is 34.9 Å². The molecule has 1 saturated carbocycles. The number of hydrogen-bond acceptors (Lipinski definition) is 7. The van der Waals surface area contributed by atoms with Crippen LogP contribution in [0.25, 0.3) is 22.2 Å². The summed E-state index contributed by atoms with van der Waals surface area (Å²) in [7, 11) is 1.73. The lowest BCUT2D eigenvalue weighted by Crippen LogP contribution is -2.61. The number of ether oxygens (including phenoxy) is 1. The molecule has 2 bridgehead atoms. The Bertz CT molecular complexity index is 1510. The third-order valence-electron chi connectivity index (χ3n) is 8.08. The molecule has 0 radical (unpaired) electrons. The van der Waals surface area contributed by atoms with Gasteiger partial charge in [-0.25, -0.2) is 9.37 Å². The van der Waals surface area contributed by atoms with E-state index in [1.54, 1.807) is 24.0 Å². The molecule has 6 heterocycles. The molecule has 0 atom stereocenters. The number of nitrogens with one attached hydrogen (secondary N) is 1. The highest BCUT2D eigenvalue weighted by Crippen LogP contribution is 2.46. The predicted molar refractivity (Wildman–Crippen MR) is 141 cm³/mol. The highest BCUT2D eigenvalue weighted by molar-refractivity contribution is 5.85. The van der Waals surface area contributed by atoms with Crippen molar-refractivity contribution in [2.75, 3.05) is 6.61 Å². The van der Waals surface area contributed by atoms with Crippen molar-refractivity contribution in [1.82, 2.24) is 29.8 Å². The second-order valence-electron chi connectivity index (χ2n) is 10.3. The SMILES string of the molecule is Cc1ccc2ncc(F)c(CCC34CCC(NCc5cc6nccnc6n(C)c5=O)(CC3)CO4)c2n1.Cl. The lowest BCUT2D eigenvalue weighted by atomic mass is 9.69. The summed E-state index contributed by atoms with van der Waals surface area (Å²) in [5.41, 5.74) is 4.33. The van der Waals surface area contributed by atoms with Crippen LogP contribution in [0.4, 0.5) is 4.39 Å². The zero-order valence-corrected chi connectivity index (χ0v) is 21.8. The first-order chi connectivity index (χ1) is 17.4. The van der Waals surface area contributed by atoms with Gasteiger partial charge in [-0.3, -0.25) is 24.3 Å². The van der Waals surface area contributed by atoms with E-state index in [4.69, 9.17) is 4.74 Å². The summed E-state index contributed by atoms with van der Waals surface area (Å²) in [6.45, 7) is 2.94. The van der Waals surface area contributed by atoms with Crippen LogP contribution in [0.2, 0.25) is 0 Å². The lowest BCUT2D eigenvalue weighted by molar-refractivity contribution is -0.165. The van der Waals surface area contributed by atoms with Crippen molar-refractivity contribution in [3.8, 4) is 0 Å². The Hall–Kier alpha value is -3.01. The van der Waals surface area contributed by atoms with Gasteiger partial charge in [0.2, 0.25) is 0 Å². The second-order valence-corrected chi connectivity index (χ2v) is 10.3. The first-order valence-corrected chi connectivity index (χ1v) is 12.5. The number of nitrogens with zero attached hydrogens (tertiary/aromatic N) is 5. The van der Waals surface area contributed by atoms with Gasteiger partial charge in [0.05, 0.1) is 29.4 Å². The van der Waals surface area contributed by atoms with Crippen LogP contribution in [-0.2, 0) is 24.8 Å². The molecule has 4 aromatic heterocycles. The minimum absolute atomic E-state index is 0. The van der Waals surface area contributed by atoms with E-state index >= 15 is 0 Å². The molecule has 37 heavy (non-hydrogen) atoms. The van der Waals surface area contributed by atoms with Crippen molar-refractivity contribution < 1.29 is 9.13 Å². The second kappa shape index (κ2) is 9.70. The Balaban J connectivity index is 0.00000280. The summed E-state index contributed by atoms with van der Waals surface area (Å²) in [6, 6.07) is 5.62. The van der Waals surface area contributed by atoms with Crippen LogP contribution in [-0.4, -0.2) is 42.2 Å². The van der Waals surface area contributed by atoms with Gasteiger partial charge in [0.25, 0.3) is 5.56 Å². The summed E-state index contributed by atoms with van der Waals surface area (Å²) in [5.74, 6) is -0.304. The average Bonchev–Trinajstić information content (AvgIpc) is 2.90. The highest BCUT2D eigenvalue weighted by Gasteiger charge is 2.49. The van der Waals surface area contributed by atoms with Crippen LogP contribution in [0.1, 0.15) is 48.9 Å². The van der Waals surface area contributed by atoms with Crippen molar-refractivity contribution in [2.24, 2.45) is 7.05 Å². The molecule has 2 saturated heterocycles. The average molecular weight is 525 g/mol. The Morgan fingerprint density at radius 3 is 2.65 bits per heavy atom. The van der Waals surface area contributed by atoms with E-state index in [1.807, 2.05) is 25.1 Å². The van der Waals surface area contributed by atoms with Crippen molar-refractivity contribution in [1.29, 1.82) is 0 Å². The molecule has 2 aliphatic heterocycles. The van der Waals surface area contributed by atoms with Crippen LogP contribution < -0.4 is 10.9 Å². The van der Waals surface area contributed by atoms with Gasteiger partial charge in [-0.2, -0.15) is 0 Å². The first kappa shape index (κ1) is 25.6. The molecule has 0 amide bonds. The van der Waals surface area contributed by atoms with E-state index in [9.17, 15) is 9.18 Å². The van der Waals surface area contributed by atoms with Gasteiger partial charge in [0.1, 0.15) is 11.3 Å². The third kappa shape index (κ3) is 4.60. The zero-order chi connectivity index (χ0) is 24.9. The maximum Gasteiger partial charge on any atom is 0.256 e. The van der Waals surface area contributed by atoms with E-state index in [0.29, 0.717) is 47.4 Å². The number of aromatic nitrogens is 5. The van der Waals surface area contributed by atoms with Crippen molar-refractivity contribution in [3.05, 3.63) is 69.8 Å². The summed E-state index contributed by atoms with van der Waals surface area (Å²) >= 11 is 0. The number of hydrogen-bond donors (Lipinski definition) is 1. The van der Waals surface area contributed by atoms with Crippen LogP contribution in [0.3, 0.4) is 0 Å². The topological polar surface area (TPSA) is 94.8 Å². The number of rotatable bonds is 6. The fourth-order valence-corrected chi connectivity index (χ4v) is 5.75. The molecule has 1 aliphatic carbocycles. The Kier molecular flexibility index (Phi) is 6.72. The van der Waals surface area contributed by atoms with Gasteiger partial charge in [-0.1, -0.05) is 0 Å². The molecule has 10 heteroatoms. The molecular weight excluding hydrogens is 495 g/mol. The fraction of sp³-hybridized carbons (Fsp3) is 0.444. The van der Waals surface area contributed by atoms with Gasteiger partial charge >= 0.3 is 0 Å². The van der Waals surface area contributed by atoms with Gasteiger partial charge in [-0.15, -0.1) is 12.4 Å². The minimum Gasteiger partial charge on any atom is -0.373 e. The van der Waals surface area contributed by atoms with Crippen LogP contribution in [0.5, 0.6) is 0 Å². The molecule has 0 aromatic carbocycles. The number of halogens is 2. The summed E-state index contributed by atoms with van der Waals surface area (Å²) < 4.78 is 22.7. The van der Waals surface area contributed by atoms with E-state index in [2.05, 4.69) is 25.3 Å². The zero-order valence-electron chi connectivity index (χ0n) is 21.0. The van der Waals surface area contributed by atoms with Gasteiger partial charge in [0.15, 0.2) is 5.65 Å². The van der Waals surface area contributed by atoms with E-state index in [0.717, 1.165) is 43.3 Å². The van der Waals surface area contributed by atoms with Gasteiger partial charge < -0.3 is 10.1 Å². The van der Waals surface area contributed by atoms with Crippen molar-refractivity contribution in [2.45, 2.75) is 63.1 Å². The van der Waals surface area contributed by atoms with E-state index in [1.165, 1.54) is 6.20 Å². The smallest absolute Gasteiger partial charge is 0.256 e. The summed E-state index contributed by atoms with van der Waals surface area (Å²) in [6.07, 6.45) is 9.55. The lowest BCUT2D eigenvalue weighted by Gasteiger charge is -2.53. The Morgan fingerprint density at radius 1 is 1.11 bits per heavy atom. The maximum atomic E-state index is 14.7. The molecule has 8 nitrogen and oxygen atoms in total. The first-order valence-electron chi connectivity index (χ1n) is 12.5. The normalized spacial score (nSPS) is 22.9. The third-order valence-corrected chi connectivity index (χ3v) is 8.08. The largest absolute Gasteiger partial charge is 0.373 e. The fourth-order valence-electron chi connectivity index (χ4n) is 5.75. The molecule has 7 rings (SSSR count). The van der Waals surface area contributed by atoms with Crippen molar-refractivity contribution in [3.63, 3.8) is 0 Å². The van der Waals surface area contributed by atoms with E-state index < -0.39 is 0 Å². The van der Waals surface area contributed by atoms with Crippen molar-refractivity contribution >= 4 is 34.6 Å². The summed E-state index contributed by atoms with van der Waals surface area (Å²) in [5, 5.41) is 3.64. The Labute approximate surface area is 220 Å². The standard InChI is InChI=1S/C27H29FN6O2.ClH/c1-17-3-4-21-23(33-17)19(20(28)15-31-21)5-6-27-9-7-26(8-10-27,16-36-27)32-14-18-13-22-24(30-12-11-29-22)34(2)25(18)35;/h3-4,11-13,15,32H,5-10,14,16H2,1-2H3;1H. The van der Waals surface area contributed by atoms with Crippen LogP contribution in [0, 0.1) is 12.7 Å². The molecule has 194 valence electrons. The maximum absolute atomic E-state index is 14.7. The quantitative estimate of drug-likeness (QED) is 0.408. The van der Waals surface area contributed by atoms with Gasteiger partial charge in [-0.05, 0) is 63.6 Å². The molecule has 0 unspecified atom stereocenters. The highest BCUT2D eigenvalue weighted by atomic mass is 35.5. The van der Waals surface area contributed by atoms with Crippen LogP contribution in [0.15, 0.2) is 41.6 Å². The number of fused-ring (bicyclic) bond motifs is 5. The molecular formula is C27H30ClFN6O2.